The molecule has 3 aliphatic rings. The summed E-state index contributed by atoms with van der Waals surface area (Å²) in [5.41, 5.74) is 2.83. The number of fused-ring (bicyclic) bond motifs is 2. The largest absolute Gasteiger partial charge is 0.493 e. The highest BCUT2D eigenvalue weighted by Gasteiger charge is 2.58. The van der Waals surface area contributed by atoms with Gasteiger partial charge in [-0.25, -0.2) is 5.06 Å². The third kappa shape index (κ3) is 4.47. The molecule has 0 bridgehead atoms. The number of amides is 1. The molecule has 2 saturated heterocycles. The highest BCUT2D eigenvalue weighted by Crippen LogP contribution is 2.45. The van der Waals surface area contributed by atoms with E-state index in [9.17, 15) is 9.59 Å². The van der Waals surface area contributed by atoms with Crippen LogP contribution in [0.5, 0.6) is 5.75 Å². The van der Waals surface area contributed by atoms with E-state index in [0.29, 0.717) is 12.8 Å². The first kappa shape index (κ1) is 23.9. The van der Waals surface area contributed by atoms with Crippen LogP contribution < -0.4 is 4.74 Å². The Balaban J connectivity index is 1.18. The molecular formula is C30H32N2O5. The second kappa shape index (κ2) is 9.80. The number of likely N-dealkylation sites (tertiary alicyclic amines) is 1. The molecule has 0 aliphatic carbocycles. The number of benzene rings is 3. The molecule has 1 amide bonds. The molecule has 3 aliphatic heterocycles. The van der Waals surface area contributed by atoms with E-state index in [2.05, 4.69) is 47.4 Å². The van der Waals surface area contributed by atoms with Crippen LogP contribution >= 0.6 is 0 Å². The molecule has 0 saturated carbocycles. The molecule has 0 N–H and O–H groups in total. The second-order valence-corrected chi connectivity index (χ2v) is 10.3. The first-order valence-electron chi connectivity index (χ1n) is 13.0. The zero-order valence-electron chi connectivity index (χ0n) is 21.2. The summed E-state index contributed by atoms with van der Waals surface area (Å²) in [6.45, 7) is 3.39. The normalized spacial score (nSPS) is 20.8. The molecule has 3 heterocycles. The van der Waals surface area contributed by atoms with Crippen molar-refractivity contribution >= 4 is 22.6 Å². The van der Waals surface area contributed by atoms with Gasteiger partial charge in [0.1, 0.15) is 12.4 Å². The van der Waals surface area contributed by atoms with Crippen LogP contribution in [0.3, 0.4) is 0 Å². The summed E-state index contributed by atoms with van der Waals surface area (Å²) in [4.78, 5) is 34.6. The van der Waals surface area contributed by atoms with Crippen molar-refractivity contribution in [2.75, 3.05) is 26.8 Å². The molecule has 1 spiro atoms. The van der Waals surface area contributed by atoms with Crippen LogP contribution in [-0.4, -0.2) is 54.2 Å². The fraction of sp³-hybridized carbons (Fsp3) is 0.400. The lowest BCUT2D eigenvalue weighted by atomic mass is 9.77. The van der Waals surface area contributed by atoms with Crippen LogP contribution in [0.4, 0.5) is 0 Å². The number of rotatable bonds is 6. The molecule has 7 nitrogen and oxygen atoms in total. The van der Waals surface area contributed by atoms with E-state index in [1.54, 1.807) is 0 Å². The zero-order valence-corrected chi connectivity index (χ0v) is 21.2. The number of esters is 1. The lowest BCUT2D eigenvalue weighted by Crippen LogP contribution is -2.57. The number of hydrogen-bond acceptors (Lipinski definition) is 6. The molecule has 2 fully saturated rings. The molecule has 1 atom stereocenters. The second-order valence-electron chi connectivity index (χ2n) is 10.3. The fourth-order valence-electron chi connectivity index (χ4n) is 6.20. The van der Waals surface area contributed by atoms with Gasteiger partial charge in [0.15, 0.2) is 0 Å². The van der Waals surface area contributed by atoms with Gasteiger partial charge in [0.2, 0.25) is 5.91 Å². The summed E-state index contributed by atoms with van der Waals surface area (Å²) >= 11 is 0. The average Bonchev–Trinajstić information content (AvgIpc) is 3.50. The third-order valence-corrected chi connectivity index (χ3v) is 8.20. The number of hydroxylamine groups is 2. The van der Waals surface area contributed by atoms with Crippen LogP contribution in [0.25, 0.3) is 10.8 Å². The number of carbonyl (C=O) groups is 2. The number of nitrogens with zero attached hydrogens (tertiary/aromatic N) is 2. The maximum atomic E-state index is 13.2. The molecule has 3 aromatic rings. The highest BCUT2D eigenvalue weighted by atomic mass is 16.7. The molecular weight excluding hydrogens is 468 g/mol. The minimum atomic E-state index is -0.691. The van der Waals surface area contributed by atoms with E-state index in [1.165, 1.54) is 23.3 Å². The van der Waals surface area contributed by atoms with Crippen LogP contribution in [-0.2, 0) is 38.7 Å². The SMILES string of the molecule is COC(=O)C1CC(=O)N(OCc2ccc3ccccc3c2)C12CCN(Cc1ccc3c(c1)CCO3)CC2. The summed E-state index contributed by atoms with van der Waals surface area (Å²) in [7, 11) is 1.39. The van der Waals surface area contributed by atoms with Crippen molar-refractivity contribution < 1.29 is 23.9 Å². The summed E-state index contributed by atoms with van der Waals surface area (Å²) < 4.78 is 10.8. The van der Waals surface area contributed by atoms with Crippen molar-refractivity contribution in [1.82, 2.24) is 9.96 Å². The predicted octanol–water partition coefficient (Wildman–Crippen LogP) is 4.26. The molecule has 7 heteroatoms. The Kier molecular flexibility index (Phi) is 6.34. The van der Waals surface area contributed by atoms with E-state index in [-0.39, 0.29) is 24.9 Å². The molecule has 6 rings (SSSR count). The van der Waals surface area contributed by atoms with Gasteiger partial charge in [-0.05, 0) is 52.4 Å². The van der Waals surface area contributed by atoms with Crippen LogP contribution in [0.15, 0.2) is 60.7 Å². The maximum absolute atomic E-state index is 13.2. The van der Waals surface area contributed by atoms with Gasteiger partial charge in [-0.15, -0.1) is 0 Å². The van der Waals surface area contributed by atoms with Gasteiger partial charge in [-0.1, -0.05) is 48.5 Å². The summed E-state index contributed by atoms with van der Waals surface area (Å²) in [5, 5.41) is 3.81. The summed E-state index contributed by atoms with van der Waals surface area (Å²) in [6.07, 6.45) is 2.39. The van der Waals surface area contributed by atoms with Crippen molar-refractivity contribution in [3.8, 4) is 5.75 Å². The lowest BCUT2D eigenvalue weighted by molar-refractivity contribution is -0.229. The van der Waals surface area contributed by atoms with Crippen molar-refractivity contribution in [3.63, 3.8) is 0 Å². The van der Waals surface area contributed by atoms with E-state index in [4.69, 9.17) is 14.3 Å². The Morgan fingerprint density at radius 2 is 1.81 bits per heavy atom. The van der Waals surface area contributed by atoms with E-state index in [0.717, 1.165) is 54.7 Å². The monoisotopic (exact) mass is 500 g/mol. The first-order valence-corrected chi connectivity index (χ1v) is 13.0. The van der Waals surface area contributed by atoms with Crippen LogP contribution in [0.2, 0.25) is 0 Å². The Morgan fingerprint density at radius 3 is 2.62 bits per heavy atom. The van der Waals surface area contributed by atoms with Crippen molar-refractivity contribution in [2.45, 2.75) is 44.4 Å². The molecule has 3 aromatic carbocycles. The van der Waals surface area contributed by atoms with Gasteiger partial charge < -0.3 is 9.47 Å². The van der Waals surface area contributed by atoms with Crippen molar-refractivity contribution in [1.29, 1.82) is 0 Å². The molecule has 1 unspecified atom stereocenters. The zero-order chi connectivity index (χ0) is 25.4. The molecule has 0 radical (unpaired) electrons. The third-order valence-electron chi connectivity index (χ3n) is 8.20. The van der Waals surface area contributed by atoms with Gasteiger partial charge >= 0.3 is 5.97 Å². The van der Waals surface area contributed by atoms with Crippen molar-refractivity contribution in [2.24, 2.45) is 5.92 Å². The van der Waals surface area contributed by atoms with Gasteiger partial charge in [0, 0.05) is 32.5 Å². The number of methoxy groups -OCH3 is 1. The first-order chi connectivity index (χ1) is 18.1. The predicted molar refractivity (Wildman–Crippen MR) is 139 cm³/mol. The Hall–Kier alpha value is -3.42. The minimum absolute atomic E-state index is 0.120. The van der Waals surface area contributed by atoms with Gasteiger partial charge in [0.25, 0.3) is 0 Å². The quantitative estimate of drug-likeness (QED) is 0.471. The average molecular weight is 501 g/mol. The van der Waals surface area contributed by atoms with E-state index < -0.39 is 11.5 Å². The van der Waals surface area contributed by atoms with Gasteiger partial charge in [0.05, 0.1) is 25.2 Å². The number of carbonyl (C=O) groups excluding carboxylic acids is 2. The maximum Gasteiger partial charge on any atom is 0.311 e. The summed E-state index contributed by atoms with van der Waals surface area (Å²) in [6, 6.07) is 20.8. The van der Waals surface area contributed by atoms with Gasteiger partial charge in [-0.2, -0.15) is 0 Å². The molecule has 192 valence electrons. The molecule has 0 aromatic heterocycles. The number of hydrogen-bond donors (Lipinski definition) is 0. The smallest absolute Gasteiger partial charge is 0.311 e. The van der Waals surface area contributed by atoms with E-state index in [1.807, 2.05) is 18.2 Å². The highest BCUT2D eigenvalue weighted by molar-refractivity contribution is 5.88. The topological polar surface area (TPSA) is 68.3 Å². The number of ether oxygens (including phenoxy) is 2. The summed E-state index contributed by atoms with van der Waals surface area (Å²) in [5.74, 6) is -0.0210. The van der Waals surface area contributed by atoms with Crippen LogP contribution in [0, 0.1) is 5.92 Å². The number of piperidine rings is 1. The Bertz CT molecular complexity index is 1330. The fourth-order valence-corrected chi connectivity index (χ4v) is 6.20. The Labute approximate surface area is 216 Å². The standard InChI is InChI=1S/C30H32N2O5/c1-35-29(34)26-18-28(33)32(37-20-22-6-8-23-4-2-3-5-24(23)17-22)30(26)11-13-31(14-12-30)19-21-7-9-27-25(16-21)10-15-36-27/h2-9,16-17,26H,10-15,18-20H2,1H3. The molecule has 37 heavy (non-hydrogen) atoms. The van der Waals surface area contributed by atoms with Crippen molar-refractivity contribution in [3.05, 3.63) is 77.4 Å². The lowest BCUT2D eigenvalue weighted by Gasteiger charge is -2.45. The van der Waals surface area contributed by atoms with Crippen LogP contribution in [0.1, 0.15) is 36.0 Å². The minimum Gasteiger partial charge on any atom is -0.493 e. The van der Waals surface area contributed by atoms with Gasteiger partial charge in [-0.3, -0.25) is 19.3 Å². The Morgan fingerprint density at radius 1 is 1.03 bits per heavy atom. The van der Waals surface area contributed by atoms with E-state index >= 15 is 0 Å².